The topological polar surface area (TPSA) is 51.1 Å². The van der Waals surface area contributed by atoms with Crippen molar-refractivity contribution >= 4 is 0 Å². The number of benzene rings is 1. The lowest BCUT2D eigenvalue weighted by atomic mass is 10.1. The zero-order chi connectivity index (χ0) is 17.5. The minimum absolute atomic E-state index is 0.158. The van der Waals surface area contributed by atoms with Gasteiger partial charge in [-0.15, -0.1) is 5.10 Å². The Bertz CT molecular complexity index is 763. The van der Waals surface area contributed by atoms with Crippen LogP contribution in [0.15, 0.2) is 66.9 Å². The molecule has 0 N–H and O–H groups in total. The highest BCUT2D eigenvalue weighted by molar-refractivity contribution is 5.17. The van der Waals surface area contributed by atoms with Gasteiger partial charge >= 0.3 is 0 Å². The molecule has 3 rings (SSSR count). The standard InChI is InChI=1S/C20H22N4O/c1-16(19-10-6-7-13-21-19)24(14-17-8-4-3-5-9-17)15-18-11-12-20(25-2)23-22-18/h3-13,16H,14-15H2,1-2H3/t16-/m0/s1. The Hall–Kier alpha value is -2.79. The molecule has 0 saturated heterocycles. The minimum Gasteiger partial charge on any atom is -0.480 e. The molecule has 0 aliphatic heterocycles. The van der Waals surface area contributed by atoms with Crippen molar-refractivity contribution in [1.82, 2.24) is 20.1 Å². The number of pyridine rings is 1. The number of nitrogens with zero attached hydrogens (tertiary/aromatic N) is 4. The van der Waals surface area contributed by atoms with Crippen LogP contribution in [0.2, 0.25) is 0 Å². The number of rotatable bonds is 7. The van der Waals surface area contributed by atoms with Crippen LogP contribution in [-0.2, 0) is 13.1 Å². The second-order valence-corrected chi connectivity index (χ2v) is 5.89. The number of aromatic nitrogens is 3. The van der Waals surface area contributed by atoms with E-state index in [0.29, 0.717) is 12.4 Å². The van der Waals surface area contributed by atoms with Crippen molar-refractivity contribution in [2.75, 3.05) is 7.11 Å². The summed E-state index contributed by atoms with van der Waals surface area (Å²) in [5.74, 6) is 0.524. The van der Waals surface area contributed by atoms with Crippen molar-refractivity contribution < 1.29 is 4.74 Å². The first-order valence-electron chi connectivity index (χ1n) is 8.32. The monoisotopic (exact) mass is 334 g/mol. The first-order chi connectivity index (χ1) is 12.3. The van der Waals surface area contributed by atoms with Crippen LogP contribution < -0.4 is 4.74 Å². The van der Waals surface area contributed by atoms with Crippen molar-refractivity contribution in [2.45, 2.75) is 26.1 Å². The number of methoxy groups -OCH3 is 1. The highest BCUT2D eigenvalue weighted by Crippen LogP contribution is 2.22. The van der Waals surface area contributed by atoms with Crippen LogP contribution in [0.3, 0.4) is 0 Å². The molecular formula is C20H22N4O. The zero-order valence-electron chi connectivity index (χ0n) is 14.5. The van der Waals surface area contributed by atoms with E-state index in [9.17, 15) is 0 Å². The van der Waals surface area contributed by atoms with Gasteiger partial charge in [-0.1, -0.05) is 36.4 Å². The van der Waals surface area contributed by atoms with E-state index in [1.54, 1.807) is 7.11 Å². The smallest absolute Gasteiger partial charge is 0.233 e. The Morgan fingerprint density at radius 2 is 1.72 bits per heavy atom. The molecule has 1 atom stereocenters. The van der Waals surface area contributed by atoms with Gasteiger partial charge in [-0.25, -0.2) is 0 Å². The summed E-state index contributed by atoms with van der Waals surface area (Å²) in [6, 6.07) is 20.4. The van der Waals surface area contributed by atoms with Gasteiger partial charge in [0.15, 0.2) is 0 Å². The summed E-state index contributed by atoms with van der Waals surface area (Å²) in [4.78, 5) is 6.85. The van der Waals surface area contributed by atoms with Gasteiger partial charge in [0.1, 0.15) is 0 Å². The number of hydrogen-bond donors (Lipinski definition) is 0. The van der Waals surface area contributed by atoms with Gasteiger partial charge in [0.05, 0.1) is 18.5 Å². The molecule has 2 aromatic heterocycles. The molecule has 0 aliphatic carbocycles. The maximum atomic E-state index is 5.09. The molecule has 5 heteroatoms. The maximum Gasteiger partial charge on any atom is 0.233 e. The predicted molar refractivity (Wildman–Crippen MR) is 96.9 cm³/mol. The molecule has 0 amide bonds. The van der Waals surface area contributed by atoms with Crippen molar-refractivity contribution in [1.29, 1.82) is 0 Å². The summed E-state index contributed by atoms with van der Waals surface area (Å²) in [7, 11) is 1.59. The molecule has 0 radical (unpaired) electrons. The lowest BCUT2D eigenvalue weighted by Gasteiger charge is -2.28. The Kier molecular flexibility index (Phi) is 5.69. The molecule has 0 fully saturated rings. The molecule has 3 aromatic rings. The van der Waals surface area contributed by atoms with E-state index in [4.69, 9.17) is 4.74 Å². The molecular weight excluding hydrogens is 312 g/mol. The molecule has 0 aliphatic rings. The maximum absolute atomic E-state index is 5.09. The highest BCUT2D eigenvalue weighted by atomic mass is 16.5. The average Bonchev–Trinajstić information content (AvgIpc) is 2.69. The van der Waals surface area contributed by atoms with E-state index in [1.165, 1.54) is 5.56 Å². The Balaban J connectivity index is 1.82. The number of ether oxygens (including phenoxy) is 1. The van der Waals surface area contributed by atoms with Crippen LogP contribution in [0.25, 0.3) is 0 Å². The SMILES string of the molecule is COc1ccc(CN(Cc2ccccc2)[C@@H](C)c2ccccn2)nn1. The largest absolute Gasteiger partial charge is 0.480 e. The van der Waals surface area contributed by atoms with Gasteiger partial charge in [0, 0.05) is 31.4 Å². The second-order valence-electron chi connectivity index (χ2n) is 5.89. The van der Waals surface area contributed by atoms with Crippen LogP contribution in [0.1, 0.15) is 29.9 Å². The molecule has 128 valence electrons. The van der Waals surface area contributed by atoms with Gasteiger partial charge in [-0.3, -0.25) is 9.88 Å². The minimum atomic E-state index is 0.158. The molecule has 5 nitrogen and oxygen atoms in total. The Morgan fingerprint density at radius 3 is 2.36 bits per heavy atom. The normalized spacial score (nSPS) is 12.1. The summed E-state index contributed by atoms with van der Waals surface area (Å²) in [5, 5.41) is 8.34. The van der Waals surface area contributed by atoms with E-state index in [2.05, 4.69) is 57.3 Å². The van der Waals surface area contributed by atoms with Gasteiger partial charge < -0.3 is 4.74 Å². The van der Waals surface area contributed by atoms with E-state index < -0.39 is 0 Å². The molecule has 25 heavy (non-hydrogen) atoms. The van der Waals surface area contributed by atoms with Crippen LogP contribution in [0.4, 0.5) is 0 Å². The van der Waals surface area contributed by atoms with Gasteiger partial charge in [-0.05, 0) is 30.7 Å². The van der Waals surface area contributed by atoms with Crippen LogP contribution in [0, 0.1) is 0 Å². The third kappa shape index (κ3) is 4.61. The van der Waals surface area contributed by atoms with Crippen molar-refractivity contribution in [3.63, 3.8) is 0 Å². The Labute approximate surface area is 148 Å². The summed E-state index contributed by atoms with van der Waals surface area (Å²) in [6.45, 7) is 3.66. The fraction of sp³-hybridized carbons (Fsp3) is 0.250. The zero-order valence-corrected chi connectivity index (χ0v) is 14.5. The fourth-order valence-electron chi connectivity index (χ4n) is 2.71. The fourth-order valence-corrected chi connectivity index (χ4v) is 2.71. The first-order valence-corrected chi connectivity index (χ1v) is 8.32. The van der Waals surface area contributed by atoms with E-state index >= 15 is 0 Å². The second kappa shape index (κ2) is 8.35. The van der Waals surface area contributed by atoms with Crippen molar-refractivity contribution in [3.8, 4) is 5.88 Å². The summed E-state index contributed by atoms with van der Waals surface area (Å²) >= 11 is 0. The lowest BCUT2D eigenvalue weighted by molar-refractivity contribution is 0.185. The Morgan fingerprint density at radius 1 is 0.920 bits per heavy atom. The molecule has 0 bridgehead atoms. The van der Waals surface area contributed by atoms with E-state index in [-0.39, 0.29) is 6.04 Å². The lowest BCUT2D eigenvalue weighted by Crippen LogP contribution is -2.27. The van der Waals surface area contributed by atoms with Gasteiger partial charge in [-0.2, -0.15) is 5.10 Å². The summed E-state index contributed by atoms with van der Waals surface area (Å²) in [5.41, 5.74) is 3.20. The predicted octanol–water partition coefficient (Wildman–Crippen LogP) is 3.64. The quantitative estimate of drug-likeness (QED) is 0.660. The number of hydrogen-bond acceptors (Lipinski definition) is 5. The third-order valence-electron chi connectivity index (χ3n) is 4.16. The van der Waals surface area contributed by atoms with Crippen molar-refractivity contribution in [2.24, 2.45) is 0 Å². The molecule has 2 heterocycles. The highest BCUT2D eigenvalue weighted by Gasteiger charge is 2.18. The molecule has 0 spiro atoms. The van der Waals surface area contributed by atoms with Crippen LogP contribution in [0.5, 0.6) is 5.88 Å². The van der Waals surface area contributed by atoms with Crippen LogP contribution >= 0.6 is 0 Å². The average molecular weight is 334 g/mol. The first kappa shape index (κ1) is 17.0. The van der Waals surface area contributed by atoms with E-state index in [1.807, 2.05) is 36.5 Å². The van der Waals surface area contributed by atoms with Crippen molar-refractivity contribution in [3.05, 3.63) is 83.8 Å². The molecule has 1 aromatic carbocycles. The van der Waals surface area contributed by atoms with Gasteiger partial charge in [0.25, 0.3) is 0 Å². The molecule has 0 saturated carbocycles. The molecule has 0 unspecified atom stereocenters. The summed E-state index contributed by atoms with van der Waals surface area (Å²) < 4.78 is 5.09. The van der Waals surface area contributed by atoms with Crippen LogP contribution in [-0.4, -0.2) is 27.2 Å². The van der Waals surface area contributed by atoms with E-state index in [0.717, 1.165) is 17.9 Å². The third-order valence-corrected chi connectivity index (χ3v) is 4.16. The van der Waals surface area contributed by atoms with Gasteiger partial charge in [0.2, 0.25) is 5.88 Å². The summed E-state index contributed by atoms with van der Waals surface area (Å²) in [6.07, 6.45) is 1.83.